The molecule has 0 aromatic heterocycles. The van der Waals surface area contributed by atoms with Crippen molar-refractivity contribution < 1.29 is 5.11 Å². The molecule has 0 aliphatic heterocycles. The Morgan fingerprint density at radius 2 is 2.29 bits per heavy atom. The Labute approximate surface area is 91.3 Å². The number of hydrogen-bond donors (Lipinski definition) is 1. The summed E-state index contributed by atoms with van der Waals surface area (Å²) in [4.78, 5) is 0. The lowest BCUT2D eigenvalue weighted by Crippen LogP contribution is -1.91. The molecule has 0 radical (unpaired) electrons. The van der Waals surface area contributed by atoms with Gasteiger partial charge >= 0.3 is 0 Å². The van der Waals surface area contributed by atoms with Gasteiger partial charge in [0.15, 0.2) is 0 Å². The average molecular weight is 252 g/mol. The topological polar surface area (TPSA) is 44.0 Å². The van der Waals surface area contributed by atoms with Crippen LogP contribution < -0.4 is 0 Å². The Balaban J connectivity index is 2.56. The first-order valence-corrected chi connectivity index (χ1v) is 5.42. The summed E-state index contributed by atoms with van der Waals surface area (Å²) in [6.07, 6.45) is 3.50. The largest absolute Gasteiger partial charge is 0.506 e. The summed E-state index contributed by atoms with van der Waals surface area (Å²) < 4.78 is 0.790. The molecule has 0 amide bonds. The maximum atomic E-state index is 9.79. The second-order valence-electron chi connectivity index (χ2n) is 3.52. The maximum Gasteiger partial charge on any atom is 0.134 e. The van der Waals surface area contributed by atoms with Crippen LogP contribution in [-0.2, 0) is 19.3 Å². The van der Waals surface area contributed by atoms with E-state index >= 15 is 0 Å². The molecule has 72 valence electrons. The Hall–Kier alpha value is -1.01. The van der Waals surface area contributed by atoms with Gasteiger partial charge < -0.3 is 5.11 Å². The minimum Gasteiger partial charge on any atom is -0.506 e. The number of nitrogens with zero attached hydrogens (tertiary/aromatic N) is 1. The molecule has 1 aromatic rings. The highest BCUT2D eigenvalue weighted by Crippen LogP contribution is 2.38. The third kappa shape index (κ3) is 1.40. The summed E-state index contributed by atoms with van der Waals surface area (Å²) in [7, 11) is 0. The molecule has 3 heteroatoms. The van der Waals surface area contributed by atoms with Gasteiger partial charge in [-0.1, -0.05) is 6.07 Å². The number of halogens is 1. The number of benzene rings is 1. The highest BCUT2D eigenvalue weighted by Gasteiger charge is 2.19. The summed E-state index contributed by atoms with van der Waals surface area (Å²) in [6.45, 7) is 0. The van der Waals surface area contributed by atoms with Crippen LogP contribution >= 0.6 is 15.9 Å². The van der Waals surface area contributed by atoms with Crippen molar-refractivity contribution in [2.75, 3.05) is 0 Å². The Morgan fingerprint density at radius 1 is 1.50 bits per heavy atom. The lowest BCUT2D eigenvalue weighted by Gasteiger charge is -2.08. The van der Waals surface area contributed by atoms with E-state index in [1.54, 1.807) is 0 Å². The number of fused-ring (bicyclic) bond motifs is 1. The molecule has 0 unspecified atom stereocenters. The van der Waals surface area contributed by atoms with E-state index in [1.807, 2.05) is 6.07 Å². The maximum absolute atomic E-state index is 9.79. The van der Waals surface area contributed by atoms with Gasteiger partial charge in [-0.05, 0) is 46.3 Å². The smallest absolute Gasteiger partial charge is 0.134 e. The van der Waals surface area contributed by atoms with Crippen LogP contribution in [0.3, 0.4) is 0 Å². The zero-order chi connectivity index (χ0) is 10.1. The molecule has 0 heterocycles. The number of phenolic OH excluding ortho intramolecular Hbond substituents is 1. The zero-order valence-electron chi connectivity index (χ0n) is 7.68. The van der Waals surface area contributed by atoms with Gasteiger partial charge in [-0.15, -0.1) is 0 Å². The van der Waals surface area contributed by atoms with Crippen molar-refractivity contribution in [2.24, 2.45) is 0 Å². The number of aromatic hydroxyl groups is 1. The quantitative estimate of drug-likeness (QED) is 0.835. The molecule has 1 aromatic carbocycles. The van der Waals surface area contributed by atoms with Crippen molar-refractivity contribution in [3.05, 3.63) is 27.2 Å². The van der Waals surface area contributed by atoms with E-state index in [2.05, 4.69) is 22.0 Å². The van der Waals surface area contributed by atoms with E-state index in [0.29, 0.717) is 0 Å². The third-order valence-electron chi connectivity index (χ3n) is 2.66. The molecule has 2 nitrogen and oxygen atoms in total. The molecular formula is C11H10BrNO. The average Bonchev–Trinajstić information content (AvgIpc) is 2.62. The molecule has 0 saturated heterocycles. The molecule has 0 spiro atoms. The highest BCUT2D eigenvalue weighted by atomic mass is 79.9. The van der Waals surface area contributed by atoms with Crippen molar-refractivity contribution in [1.29, 1.82) is 5.26 Å². The summed E-state index contributed by atoms with van der Waals surface area (Å²) in [5.74, 6) is 0.243. The lowest BCUT2D eigenvalue weighted by atomic mass is 10.0. The van der Waals surface area contributed by atoms with Gasteiger partial charge in [-0.2, -0.15) is 5.26 Å². The Morgan fingerprint density at radius 3 is 3.00 bits per heavy atom. The normalized spacial score (nSPS) is 13.7. The van der Waals surface area contributed by atoms with E-state index in [4.69, 9.17) is 5.26 Å². The lowest BCUT2D eigenvalue weighted by molar-refractivity contribution is 0.465. The van der Waals surface area contributed by atoms with Crippen LogP contribution in [0.25, 0.3) is 0 Å². The van der Waals surface area contributed by atoms with Gasteiger partial charge in [-0.25, -0.2) is 0 Å². The predicted octanol–water partition coefficient (Wildman–Crippen LogP) is 2.71. The molecule has 1 N–H and O–H groups in total. The van der Waals surface area contributed by atoms with Gasteiger partial charge in [0.2, 0.25) is 0 Å². The molecular weight excluding hydrogens is 242 g/mol. The fourth-order valence-electron chi connectivity index (χ4n) is 1.96. The molecule has 0 saturated carbocycles. The first-order valence-electron chi connectivity index (χ1n) is 4.63. The van der Waals surface area contributed by atoms with E-state index in [9.17, 15) is 5.11 Å². The first-order chi connectivity index (χ1) is 6.74. The Bertz CT molecular complexity index is 420. The standard InChI is InChI=1S/C11H10BrNO/c12-10-9-3-1-2-7(9)6-8(4-5-13)11(10)14/h6,14H,1-4H2. The zero-order valence-corrected chi connectivity index (χ0v) is 9.26. The highest BCUT2D eigenvalue weighted by molar-refractivity contribution is 9.10. The minimum absolute atomic E-state index is 0.243. The van der Waals surface area contributed by atoms with E-state index in [0.717, 1.165) is 29.3 Å². The fraction of sp³-hybridized carbons (Fsp3) is 0.364. The van der Waals surface area contributed by atoms with Gasteiger partial charge in [-0.3, -0.25) is 0 Å². The number of aryl methyl sites for hydroxylation is 1. The van der Waals surface area contributed by atoms with E-state index in [1.165, 1.54) is 11.1 Å². The molecule has 0 fully saturated rings. The number of rotatable bonds is 1. The van der Waals surface area contributed by atoms with Crippen LogP contribution in [0.5, 0.6) is 5.75 Å². The number of phenols is 1. The number of nitriles is 1. The summed E-state index contributed by atoms with van der Waals surface area (Å²) >= 11 is 3.39. The van der Waals surface area contributed by atoms with Crippen molar-refractivity contribution in [1.82, 2.24) is 0 Å². The fourth-order valence-corrected chi connectivity index (χ4v) is 2.67. The monoisotopic (exact) mass is 251 g/mol. The molecule has 2 rings (SSSR count). The van der Waals surface area contributed by atoms with Crippen molar-refractivity contribution in [3.63, 3.8) is 0 Å². The van der Waals surface area contributed by atoms with Crippen molar-refractivity contribution >= 4 is 15.9 Å². The second kappa shape index (κ2) is 3.62. The summed E-state index contributed by atoms with van der Waals surface area (Å²) in [5, 5.41) is 18.4. The van der Waals surface area contributed by atoms with E-state index < -0.39 is 0 Å². The van der Waals surface area contributed by atoms with Gasteiger partial charge in [0, 0.05) is 5.56 Å². The Kier molecular flexibility index (Phi) is 2.47. The van der Waals surface area contributed by atoms with E-state index in [-0.39, 0.29) is 12.2 Å². The van der Waals surface area contributed by atoms with Crippen LogP contribution in [-0.4, -0.2) is 5.11 Å². The van der Waals surface area contributed by atoms with Gasteiger partial charge in [0.05, 0.1) is 17.0 Å². The predicted molar refractivity (Wildman–Crippen MR) is 57.1 cm³/mol. The SMILES string of the molecule is N#CCc1cc2c(c(Br)c1O)CCC2. The molecule has 14 heavy (non-hydrogen) atoms. The summed E-state index contributed by atoms with van der Waals surface area (Å²) in [6, 6.07) is 4.03. The van der Waals surface area contributed by atoms with Crippen molar-refractivity contribution in [3.8, 4) is 11.8 Å². The molecule has 1 aliphatic carbocycles. The van der Waals surface area contributed by atoms with Crippen LogP contribution in [0.15, 0.2) is 10.5 Å². The molecule has 0 atom stereocenters. The molecule has 1 aliphatic rings. The number of hydrogen-bond acceptors (Lipinski definition) is 2. The minimum atomic E-state index is 0.243. The van der Waals surface area contributed by atoms with Crippen LogP contribution in [0, 0.1) is 11.3 Å². The summed E-state index contributed by atoms with van der Waals surface area (Å²) in [5.41, 5.74) is 3.23. The van der Waals surface area contributed by atoms with Crippen molar-refractivity contribution in [2.45, 2.75) is 25.7 Å². The van der Waals surface area contributed by atoms with Gasteiger partial charge in [0.25, 0.3) is 0 Å². The van der Waals surface area contributed by atoms with Crippen LogP contribution in [0.2, 0.25) is 0 Å². The van der Waals surface area contributed by atoms with Gasteiger partial charge in [0.1, 0.15) is 5.75 Å². The van der Waals surface area contributed by atoms with Crippen LogP contribution in [0.4, 0.5) is 0 Å². The second-order valence-corrected chi connectivity index (χ2v) is 4.32. The molecule has 0 bridgehead atoms. The van der Waals surface area contributed by atoms with Crippen LogP contribution in [0.1, 0.15) is 23.1 Å². The first kappa shape index (κ1) is 9.54. The third-order valence-corrected chi connectivity index (χ3v) is 3.51.